The smallest absolute Gasteiger partial charge is 0.141 e. The Morgan fingerprint density at radius 1 is 1.50 bits per heavy atom. The van der Waals surface area contributed by atoms with Crippen LogP contribution in [-0.4, -0.2) is 11.1 Å². The molecular formula is C13H18N2O. The van der Waals surface area contributed by atoms with Gasteiger partial charge in [0.25, 0.3) is 0 Å². The van der Waals surface area contributed by atoms with Gasteiger partial charge in [-0.2, -0.15) is 5.26 Å². The van der Waals surface area contributed by atoms with Gasteiger partial charge in [-0.05, 0) is 27.2 Å². The maximum atomic E-state index is 9.06. The second-order valence-corrected chi connectivity index (χ2v) is 4.05. The number of pyridine rings is 1. The van der Waals surface area contributed by atoms with Crippen LogP contribution >= 0.6 is 0 Å². The molecule has 0 amide bonds. The van der Waals surface area contributed by atoms with Gasteiger partial charge >= 0.3 is 0 Å². The Kier molecular flexibility index (Phi) is 4.30. The number of ether oxygens (including phenoxy) is 1. The van der Waals surface area contributed by atoms with Crippen LogP contribution in [0.2, 0.25) is 0 Å². The van der Waals surface area contributed by atoms with E-state index in [0.717, 1.165) is 24.2 Å². The van der Waals surface area contributed by atoms with Crippen LogP contribution in [0, 0.1) is 25.2 Å². The minimum Gasteiger partial charge on any atom is -0.489 e. The van der Waals surface area contributed by atoms with Crippen LogP contribution in [0.1, 0.15) is 43.6 Å². The molecule has 86 valence electrons. The summed E-state index contributed by atoms with van der Waals surface area (Å²) in [5, 5.41) is 9.06. The predicted octanol–water partition coefficient (Wildman–Crippen LogP) is 3.14. The summed E-state index contributed by atoms with van der Waals surface area (Å²) in [6.07, 6.45) is 2.20. The van der Waals surface area contributed by atoms with Gasteiger partial charge in [0.1, 0.15) is 17.4 Å². The Morgan fingerprint density at radius 3 is 2.75 bits per heavy atom. The quantitative estimate of drug-likeness (QED) is 0.780. The van der Waals surface area contributed by atoms with E-state index in [9.17, 15) is 0 Å². The van der Waals surface area contributed by atoms with Gasteiger partial charge < -0.3 is 4.74 Å². The van der Waals surface area contributed by atoms with Crippen LogP contribution in [0.25, 0.3) is 0 Å². The normalized spacial score (nSPS) is 11.9. The van der Waals surface area contributed by atoms with Crippen molar-refractivity contribution in [1.82, 2.24) is 4.98 Å². The molecule has 1 unspecified atom stereocenters. The molecule has 1 atom stereocenters. The zero-order valence-electron chi connectivity index (χ0n) is 10.4. The Labute approximate surface area is 97.1 Å². The zero-order chi connectivity index (χ0) is 12.1. The fraction of sp³-hybridized carbons (Fsp3) is 0.538. The van der Waals surface area contributed by atoms with E-state index in [0.29, 0.717) is 11.3 Å². The first-order valence-corrected chi connectivity index (χ1v) is 5.63. The molecule has 1 heterocycles. The fourth-order valence-corrected chi connectivity index (χ4v) is 1.70. The average Bonchev–Trinajstić information content (AvgIpc) is 2.17. The number of nitriles is 1. The monoisotopic (exact) mass is 218 g/mol. The molecule has 0 aromatic carbocycles. The maximum Gasteiger partial charge on any atom is 0.141 e. The summed E-state index contributed by atoms with van der Waals surface area (Å²) in [6, 6.07) is 3.98. The van der Waals surface area contributed by atoms with Crippen molar-refractivity contribution in [1.29, 1.82) is 5.26 Å². The van der Waals surface area contributed by atoms with Crippen molar-refractivity contribution >= 4 is 0 Å². The van der Waals surface area contributed by atoms with Gasteiger partial charge in [-0.1, -0.05) is 13.3 Å². The van der Waals surface area contributed by atoms with Crippen molar-refractivity contribution in [2.45, 2.75) is 46.6 Å². The molecule has 0 saturated carbocycles. The molecule has 0 aliphatic heterocycles. The molecule has 1 rings (SSSR count). The highest BCUT2D eigenvalue weighted by atomic mass is 16.5. The van der Waals surface area contributed by atoms with E-state index in [-0.39, 0.29) is 6.10 Å². The van der Waals surface area contributed by atoms with E-state index >= 15 is 0 Å². The number of hydrogen-bond acceptors (Lipinski definition) is 3. The molecule has 0 saturated heterocycles. The van der Waals surface area contributed by atoms with Crippen molar-refractivity contribution < 1.29 is 4.74 Å². The molecule has 0 radical (unpaired) electrons. The molecule has 3 nitrogen and oxygen atoms in total. The zero-order valence-corrected chi connectivity index (χ0v) is 10.4. The van der Waals surface area contributed by atoms with Crippen LogP contribution in [0.15, 0.2) is 6.07 Å². The Hall–Kier alpha value is -1.56. The molecule has 1 aromatic rings. The highest BCUT2D eigenvalue weighted by Gasteiger charge is 2.11. The fourth-order valence-electron chi connectivity index (χ4n) is 1.70. The summed E-state index contributed by atoms with van der Waals surface area (Å²) in [6.45, 7) is 7.89. The van der Waals surface area contributed by atoms with Gasteiger partial charge in [0.2, 0.25) is 0 Å². The SMILES string of the molecule is CCCC(C)Oc1cc(C)nc(C)c1C#N. The van der Waals surface area contributed by atoms with E-state index in [2.05, 4.69) is 18.0 Å². The predicted molar refractivity (Wildman–Crippen MR) is 63.4 cm³/mol. The lowest BCUT2D eigenvalue weighted by Crippen LogP contribution is -2.12. The van der Waals surface area contributed by atoms with Crippen LogP contribution in [0.5, 0.6) is 5.75 Å². The first kappa shape index (κ1) is 12.5. The molecule has 0 fully saturated rings. The minimum atomic E-state index is 0.137. The number of hydrogen-bond donors (Lipinski definition) is 0. The van der Waals surface area contributed by atoms with E-state index < -0.39 is 0 Å². The van der Waals surface area contributed by atoms with Crippen molar-refractivity contribution in [2.75, 3.05) is 0 Å². The summed E-state index contributed by atoms with van der Waals surface area (Å²) in [5.41, 5.74) is 2.17. The topological polar surface area (TPSA) is 45.9 Å². The summed E-state index contributed by atoms with van der Waals surface area (Å²) >= 11 is 0. The third-order valence-corrected chi connectivity index (χ3v) is 2.43. The van der Waals surface area contributed by atoms with E-state index in [4.69, 9.17) is 10.00 Å². The molecule has 0 aliphatic rings. The van der Waals surface area contributed by atoms with Crippen LogP contribution < -0.4 is 4.74 Å². The lowest BCUT2D eigenvalue weighted by molar-refractivity contribution is 0.209. The van der Waals surface area contributed by atoms with Crippen LogP contribution in [-0.2, 0) is 0 Å². The van der Waals surface area contributed by atoms with Crippen molar-refractivity contribution in [3.05, 3.63) is 23.0 Å². The third kappa shape index (κ3) is 2.96. The maximum absolute atomic E-state index is 9.06. The minimum absolute atomic E-state index is 0.137. The lowest BCUT2D eigenvalue weighted by Gasteiger charge is -2.16. The van der Waals surface area contributed by atoms with Gasteiger partial charge in [0.05, 0.1) is 11.8 Å². The lowest BCUT2D eigenvalue weighted by atomic mass is 10.1. The number of aryl methyl sites for hydroxylation is 2. The van der Waals surface area contributed by atoms with Crippen molar-refractivity contribution in [3.8, 4) is 11.8 Å². The summed E-state index contributed by atoms with van der Waals surface area (Å²) in [4.78, 5) is 4.26. The summed E-state index contributed by atoms with van der Waals surface area (Å²) in [5.74, 6) is 0.661. The second-order valence-electron chi connectivity index (χ2n) is 4.05. The molecular weight excluding hydrogens is 200 g/mol. The third-order valence-electron chi connectivity index (χ3n) is 2.43. The molecule has 0 aliphatic carbocycles. The Morgan fingerprint density at radius 2 is 2.19 bits per heavy atom. The molecule has 16 heavy (non-hydrogen) atoms. The highest BCUT2D eigenvalue weighted by molar-refractivity contribution is 5.46. The van der Waals surface area contributed by atoms with Gasteiger partial charge in [-0.3, -0.25) is 4.98 Å². The van der Waals surface area contributed by atoms with Gasteiger partial charge in [-0.25, -0.2) is 0 Å². The first-order valence-electron chi connectivity index (χ1n) is 5.63. The molecule has 1 aromatic heterocycles. The summed E-state index contributed by atoms with van der Waals surface area (Å²) in [7, 11) is 0. The van der Waals surface area contributed by atoms with Gasteiger partial charge in [0, 0.05) is 11.8 Å². The van der Waals surface area contributed by atoms with Gasteiger partial charge in [-0.15, -0.1) is 0 Å². The molecule has 3 heteroatoms. The van der Waals surface area contributed by atoms with Gasteiger partial charge in [0.15, 0.2) is 0 Å². The van der Waals surface area contributed by atoms with E-state index in [1.54, 1.807) is 0 Å². The van der Waals surface area contributed by atoms with Crippen molar-refractivity contribution in [3.63, 3.8) is 0 Å². The largest absolute Gasteiger partial charge is 0.489 e. The number of nitrogens with zero attached hydrogens (tertiary/aromatic N) is 2. The highest BCUT2D eigenvalue weighted by Crippen LogP contribution is 2.23. The second kappa shape index (κ2) is 5.50. The average molecular weight is 218 g/mol. The van der Waals surface area contributed by atoms with Crippen LogP contribution in [0.3, 0.4) is 0 Å². The molecule has 0 bridgehead atoms. The Balaban J connectivity index is 2.99. The summed E-state index contributed by atoms with van der Waals surface area (Å²) < 4.78 is 5.78. The Bertz CT molecular complexity index is 407. The van der Waals surface area contributed by atoms with E-state index in [1.807, 2.05) is 26.8 Å². The standard InChI is InChI=1S/C13H18N2O/c1-5-6-10(3)16-13-7-9(2)15-11(4)12(13)8-14/h7,10H,5-6H2,1-4H3. The molecule has 0 N–H and O–H groups in total. The molecule has 0 spiro atoms. The van der Waals surface area contributed by atoms with E-state index in [1.165, 1.54) is 0 Å². The first-order chi connectivity index (χ1) is 7.58. The number of aromatic nitrogens is 1. The number of rotatable bonds is 4. The van der Waals surface area contributed by atoms with Crippen LogP contribution in [0.4, 0.5) is 0 Å². The van der Waals surface area contributed by atoms with Crippen molar-refractivity contribution in [2.24, 2.45) is 0 Å².